The van der Waals surface area contributed by atoms with Gasteiger partial charge in [-0.05, 0) is 35.4 Å². The van der Waals surface area contributed by atoms with Crippen molar-refractivity contribution in [3.05, 3.63) is 65.2 Å². The molecule has 0 aliphatic rings. The van der Waals surface area contributed by atoms with Crippen molar-refractivity contribution in [2.45, 2.75) is 52.3 Å². The van der Waals surface area contributed by atoms with Gasteiger partial charge in [0.2, 0.25) is 0 Å². The summed E-state index contributed by atoms with van der Waals surface area (Å²) < 4.78 is 0. The molecular weight excluding hydrogens is 251 g/mol. The molecule has 0 fully saturated rings. The average molecular weight is 277 g/mol. The second-order valence-corrected chi connectivity index (χ2v) is 6.09. The normalized spacial score (nSPS) is 10.9. The Balaban J connectivity index is 1.73. The molecular formula is C20H26B. The molecule has 0 bridgehead atoms. The lowest BCUT2D eigenvalue weighted by Crippen LogP contribution is -2.13. The fraction of sp³-hybridized carbons (Fsp3) is 0.400. The predicted molar refractivity (Wildman–Crippen MR) is 94.9 cm³/mol. The van der Waals surface area contributed by atoms with Crippen LogP contribution in [0.25, 0.3) is 0 Å². The highest BCUT2D eigenvalue weighted by Crippen LogP contribution is 2.15. The summed E-state index contributed by atoms with van der Waals surface area (Å²) in [5, 5.41) is 0. The van der Waals surface area contributed by atoms with Gasteiger partial charge in [0.25, 0.3) is 0 Å². The van der Waals surface area contributed by atoms with E-state index in [9.17, 15) is 0 Å². The van der Waals surface area contributed by atoms with Crippen LogP contribution < -0.4 is 5.46 Å². The minimum Gasteiger partial charge on any atom is -0.0878 e. The van der Waals surface area contributed by atoms with Gasteiger partial charge in [-0.3, -0.25) is 0 Å². The van der Waals surface area contributed by atoms with Crippen LogP contribution in [0, 0.1) is 0 Å². The van der Waals surface area contributed by atoms with Gasteiger partial charge < -0.3 is 0 Å². The summed E-state index contributed by atoms with van der Waals surface area (Å²) in [5.41, 5.74) is 5.65. The van der Waals surface area contributed by atoms with Gasteiger partial charge in [-0.25, -0.2) is 0 Å². The molecule has 0 N–H and O–H groups in total. The molecule has 0 aliphatic carbocycles. The highest BCUT2D eigenvalue weighted by atomic mass is 14.0. The Morgan fingerprint density at radius 1 is 0.857 bits per heavy atom. The molecule has 0 aliphatic heterocycles. The number of rotatable bonds is 7. The van der Waals surface area contributed by atoms with Gasteiger partial charge in [0, 0.05) is 0 Å². The van der Waals surface area contributed by atoms with E-state index < -0.39 is 0 Å². The monoisotopic (exact) mass is 277 g/mol. The Hall–Kier alpha value is -1.50. The van der Waals surface area contributed by atoms with Crippen molar-refractivity contribution >= 4 is 12.7 Å². The molecule has 0 unspecified atom stereocenters. The second kappa shape index (κ2) is 8.07. The van der Waals surface area contributed by atoms with Gasteiger partial charge in [0.1, 0.15) is 0 Å². The number of aryl methyl sites for hydroxylation is 2. The van der Waals surface area contributed by atoms with Gasteiger partial charge in [-0.1, -0.05) is 87.5 Å². The zero-order valence-electron chi connectivity index (χ0n) is 13.6. The summed E-state index contributed by atoms with van der Waals surface area (Å²) in [6.07, 6.45) is 4.66. The molecule has 0 saturated heterocycles. The fourth-order valence-electron chi connectivity index (χ4n) is 2.53. The lowest BCUT2D eigenvalue weighted by molar-refractivity contribution is 0.860. The maximum absolute atomic E-state index is 2.35. The van der Waals surface area contributed by atoms with Crippen LogP contribution in [0.3, 0.4) is 0 Å². The Kier molecular flexibility index (Phi) is 6.11. The van der Waals surface area contributed by atoms with Crippen molar-refractivity contribution in [1.82, 2.24) is 0 Å². The molecule has 1 heteroatoms. The number of benzene rings is 2. The van der Waals surface area contributed by atoms with E-state index in [0.29, 0.717) is 5.92 Å². The standard InChI is InChI=1S/C20H26B/c1-4-17-9-13-20(14-10-17)21-15-5-6-18-7-11-19(12-8-18)16(2)3/h7-14,16H,4-6,15H2,1-3H3. The molecule has 0 nitrogen and oxygen atoms in total. The van der Waals surface area contributed by atoms with E-state index in [0.717, 1.165) is 12.7 Å². The minimum absolute atomic E-state index is 0.624. The Labute approximate surface area is 130 Å². The quantitative estimate of drug-likeness (QED) is 0.506. The summed E-state index contributed by atoms with van der Waals surface area (Å²) in [6.45, 7) is 6.69. The number of hydrogen-bond donors (Lipinski definition) is 0. The average Bonchev–Trinajstić information content (AvgIpc) is 2.52. The summed E-state index contributed by atoms with van der Waals surface area (Å²) in [7, 11) is 2.35. The van der Waals surface area contributed by atoms with Crippen molar-refractivity contribution in [3.8, 4) is 0 Å². The van der Waals surface area contributed by atoms with E-state index in [1.165, 1.54) is 35.0 Å². The minimum atomic E-state index is 0.624. The molecule has 0 saturated carbocycles. The summed E-state index contributed by atoms with van der Waals surface area (Å²) >= 11 is 0. The van der Waals surface area contributed by atoms with E-state index >= 15 is 0 Å². The Morgan fingerprint density at radius 3 is 2.05 bits per heavy atom. The van der Waals surface area contributed by atoms with Crippen molar-refractivity contribution in [1.29, 1.82) is 0 Å². The summed E-state index contributed by atoms with van der Waals surface area (Å²) in [4.78, 5) is 0. The van der Waals surface area contributed by atoms with Crippen molar-refractivity contribution in [2.75, 3.05) is 0 Å². The molecule has 0 atom stereocenters. The van der Waals surface area contributed by atoms with Gasteiger partial charge in [-0.15, -0.1) is 0 Å². The molecule has 0 heterocycles. The number of hydrogen-bond acceptors (Lipinski definition) is 0. The molecule has 1 radical (unpaired) electrons. The van der Waals surface area contributed by atoms with E-state index in [1.54, 1.807) is 0 Å². The molecule has 109 valence electrons. The molecule has 0 aromatic heterocycles. The summed E-state index contributed by atoms with van der Waals surface area (Å²) in [5.74, 6) is 0.624. The first kappa shape index (κ1) is 15.9. The van der Waals surface area contributed by atoms with Crippen molar-refractivity contribution in [2.24, 2.45) is 0 Å². The molecule has 0 spiro atoms. The van der Waals surface area contributed by atoms with Gasteiger partial charge >= 0.3 is 0 Å². The van der Waals surface area contributed by atoms with E-state index in [4.69, 9.17) is 0 Å². The topological polar surface area (TPSA) is 0 Å². The van der Waals surface area contributed by atoms with Crippen molar-refractivity contribution < 1.29 is 0 Å². The van der Waals surface area contributed by atoms with Crippen LogP contribution in [0.4, 0.5) is 0 Å². The molecule has 0 amide bonds. The van der Waals surface area contributed by atoms with Crippen LogP contribution in [-0.2, 0) is 12.8 Å². The molecule has 21 heavy (non-hydrogen) atoms. The van der Waals surface area contributed by atoms with E-state index in [-0.39, 0.29) is 0 Å². The Bertz CT molecular complexity index is 523. The zero-order valence-corrected chi connectivity index (χ0v) is 13.6. The van der Waals surface area contributed by atoms with Crippen LogP contribution in [0.2, 0.25) is 6.32 Å². The predicted octanol–water partition coefficient (Wildman–Crippen LogP) is 4.75. The van der Waals surface area contributed by atoms with Crippen LogP contribution in [0.5, 0.6) is 0 Å². The largest absolute Gasteiger partial charge is 0.151 e. The first-order chi connectivity index (χ1) is 10.2. The van der Waals surface area contributed by atoms with E-state index in [1.807, 2.05) is 0 Å². The van der Waals surface area contributed by atoms with Crippen LogP contribution in [-0.4, -0.2) is 7.28 Å². The smallest absolute Gasteiger partial charge is 0.0878 e. The van der Waals surface area contributed by atoms with Gasteiger partial charge in [0.15, 0.2) is 7.28 Å². The summed E-state index contributed by atoms with van der Waals surface area (Å²) in [6, 6.07) is 18.0. The first-order valence-corrected chi connectivity index (χ1v) is 8.20. The third-order valence-corrected chi connectivity index (χ3v) is 4.08. The lowest BCUT2D eigenvalue weighted by Gasteiger charge is -2.07. The first-order valence-electron chi connectivity index (χ1n) is 8.20. The zero-order chi connectivity index (χ0) is 15.1. The highest BCUT2D eigenvalue weighted by molar-refractivity contribution is 6.53. The third-order valence-electron chi connectivity index (χ3n) is 4.08. The maximum Gasteiger partial charge on any atom is 0.151 e. The highest BCUT2D eigenvalue weighted by Gasteiger charge is 2.00. The fourth-order valence-corrected chi connectivity index (χ4v) is 2.53. The van der Waals surface area contributed by atoms with E-state index in [2.05, 4.69) is 76.6 Å². The van der Waals surface area contributed by atoms with Gasteiger partial charge in [0.05, 0.1) is 0 Å². The Morgan fingerprint density at radius 2 is 1.48 bits per heavy atom. The SMILES string of the molecule is CCc1ccc([B]CCCc2ccc(C(C)C)cc2)cc1. The van der Waals surface area contributed by atoms with Gasteiger partial charge in [-0.2, -0.15) is 0 Å². The molecule has 2 aromatic rings. The van der Waals surface area contributed by atoms with Crippen molar-refractivity contribution in [3.63, 3.8) is 0 Å². The van der Waals surface area contributed by atoms with Crippen LogP contribution in [0.15, 0.2) is 48.5 Å². The lowest BCUT2D eigenvalue weighted by atomic mass is 9.66. The third kappa shape index (κ3) is 5.08. The maximum atomic E-state index is 2.35. The van der Waals surface area contributed by atoms with Crippen LogP contribution >= 0.6 is 0 Å². The molecule has 2 aromatic carbocycles. The molecule has 2 rings (SSSR count). The second-order valence-electron chi connectivity index (χ2n) is 6.09. The van der Waals surface area contributed by atoms with Crippen LogP contribution in [0.1, 0.15) is 49.8 Å².